The van der Waals surface area contributed by atoms with Crippen LogP contribution in [0, 0.1) is 0 Å². The molecule has 7 nitrogen and oxygen atoms in total. The number of hydrogen-bond donors (Lipinski definition) is 0. The molecule has 2 aliphatic heterocycles. The number of hydrogen-bond acceptors (Lipinski definition) is 6. The molecule has 0 atom stereocenters. The lowest BCUT2D eigenvalue weighted by atomic mass is 9.91. The fraction of sp³-hybridized carbons (Fsp3) is 0.355. The zero-order valence-corrected chi connectivity index (χ0v) is 23.8. The second-order valence-electron chi connectivity index (χ2n) is 10.4. The molecule has 0 fully saturated rings. The zero-order chi connectivity index (χ0) is 27.1. The fourth-order valence-electron chi connectivity index (χ4n) is 5.84. The predicted molar refractivity (Wildman–Crippen MR) is 154 cm³/mol. The molecule has 0 saturated carbocycles. The first-order valence-electron chi connectivity index (χ1n) is 13.5. The van der Waals surface area contributed by atoms with E-state index in [1.807, 2.05) is 22.2 Å². The number of benzene rings is 1. The van der Waals surface area contributed by atoms with Crippen LogP contribution in [-0.4, -0.2) is 51.7 Å². The summed E-state index contributed by atoms with van der Waals surface area (Å²) in [7, 11) is 1.73. The molecular weight excluding hydrogens is 508 g/mol. The van der Waals surface area contributed by atoms with E-state index in [9.17, 15) is 4.79 Å². The molecule has 2 aliphatic rings. The molecule has 1 aromatic carbocycles. The van der Waals surface area contributed by atoms with E-state index in [2.05, 4.69) is 59.1 Å². The van der Waals surface area contributed by atoms with Gasteiger partial charge in [-0.15, -0.1) is 11.3 Å². The Morgan fingerprint density at radius 2 is 2.00 bits per heavy atom. The summed E-state index contributed by atoms with van der Waals surface area (Å²) in [6.45, 7) is 9.11. The standard InChI is InChI=1S/C31H34N4O3S/c1-20(2)35-13-12-33(21(3)36)18-26-27(19-38-35)34-11-9-22-15-28(37-4)24(23-7-5-10-32-17-23)16-25(22)31(34)30(26)29-8-6-14-39-29/h5-8,10,14-17,20H,9,11-13,18-19H2,1-4H3. The smallest absolute Gasteiger partial charge is 0.219 e. The van der Waals surface area contributed by atoms with Crippen LogP contribution in [-0.2, 0) is 35.7 Å². The van der Waals surface area contributed by atoms with E-state index in [1.54, 1.807) is 31.6 Å². The van der Waals surface area contributed by atoms with Crippen molar-refractivity contribution in [3.05, 3.63) is 71.0 Å². The molecule has 1 amide bonds. The van der Waals surface area contributed by atoms with Crippen molar-refractivity contribution in [1.29, 1.82) is 0 Å². The van der Waals surface area contributed by atoms with Crippen molar-refractivity contribution in [1.82, 2.24) is 19.5 Å². The maximum Gasteiger partial charge on any atom is 0.219 e. The fourth-order valence-corrected chi connectivity index (χ4v) is 6.64. The number of amides is 1. The third-order valence-corrected chi connectivity index (χ3v) is 8.72. The van der Waals surface area contributed by atoms with E-state index in [0.29, 0.717) is 26.2 Å². The Labute approximate surface area is 233 Å². The molecule has 3 aromatic heterocycles. The number of methoxy groups -OCH3 is 1. The molecule has 8 heteroatoms. The molecule has 6 rings (SSSR count). The van der Waals surface area contributed by atoms with Crippen LogP contribution in [0.15, 0.2) is 54.2 Å². The molecule has 0 aliphatic carbocycles. The average Bonchev–Trinajstić information content (AvgIpc) is 3.59. The minimum atomic E-state index is 0.0804. The molecular formula is C31H34N4O3S. The number of nitrogens with zero attached hydrogens (tertiary/aromatic N) is 4. The SMILES string of the molecule is COc1cc2c(cc1-c1cccnc1)-c1c(-c3cccs3)c3c(n1CC2)CON(C(C)C)CCN(C(C)=O)C3. The summed E-state index contributed by atoms with van der Waals surface area (Å²) in [5, 5.41) is 4.14. The molecule has 4 aromatic rings. The molecule has 202 valence electrons. The van der Waals surface area contributed by atoms with Gasteiger partial charge >= 0.3 is 0 Å². The van der Waals surface area contributed by atoms with Crippen molar-refractivity contribution in [3.8, 4) is 38.6 Å². The number of aromatic nitrogens is 2. The van der Waals surface area contributed by atoms with E-state index in [-0.39, 0.29) is 11.9 Å². The van der Waals surface area contributed by atoms with E-state index in [0.717, 1.165) is 35.5 Å². The first-order chi connectivity index (χ1) is 19.0. The number of aryl methyl sites for hydroxylation is 1. The van der Waals surface area contributed by atoms with E-state index in [1.165, 1.54) is 32.8 Å². The number of ether oxygens (including phenoxy) is 1. The van der Waals surface area contributed by atoms with Crippen LogP contribution in [0.4, 0.5) is 0 Å². The van der Waals surface area contributed by atoms with Gasteiger partial charge in [-0.2, -0.15) is 5.06 Å². The van der Waals surface area contributed by atoms with Gasteiger partial charge < -0.3 is 14.2 Å². The number of pyridine rings is 1. The second-order valence-corrected chi connectivity index (χ2v) is 11.4. The topological polar surface area (TPSA) is 59.8 Å². The summed E-state index contributed by atoms with van der Waals surface area (Å²) in [6, 6.07) is 13.0. The van der Waals surface area contributed by atoms with Gasteiger partial charge in [-0.1, -0.05) is 12.1 Å². The van der Waals surface area contributed by atoms with Crippen LogP contribution in [0.25, 0.3) is 32.8 Å². The molecule has 0 saturated heterocycles. The van der Waals surface area contributed by atoms with Gasteiger partial charge in [0.2, 0.25) is 5.91 Å². The number of thiophene rings is 1. The quantitative estimate of drug-likeness (QED) is 0.316. The summed E-state index contributed by atoms with van der Waals surface area (Å²) in [5.74, 6) is 0.935. The van der Waals surface area contributed by atoms with Crippen LogP contribution in [0.2, 0.25) is 0 Å². The first kappa shape index (κ1) is 25.8. The number of fused-ring (bicyclic) bond motifs is 5. The number of carbonyl (C=O) groups excluding carboxylic acids is 1. The Morgan fingerprint density at radius 3 is 2.69 bits per heavy atom. The molecule has 0 spiro atoms. The highest BCUT2D eigenvalue weighted by atomic mass is 32.1. The van der Waals surface area contributed by atoms with Crippen molar-refractivity contribution in [2.75, 3.05) is 20.2 Å². The molecule has 0 bridgehead atoms. The highest BCUT2D eigenvalue weighted by molar-refractivity contribution is 7.13. The van der Waals surface area contributed by atoms with Gasteiger partial charge in [0.15, 0.2) is 0 Å². The van der Waals surface area contributed by atoms with Crippen molar-refractivity contribution >= 4 is 17.2 Å². The van der Waals surface area contributed by atoms with Crippen molar-refractivity contribution in [2.24, 2.45) is 0 Å². The Hall–Kier alpha value is -3.46. The normalized spacial score (nSPS) is 15.7. The second kappa shape index (κ2) is 10.6. The number of rotatable bonds is 4. The highest BCUT2D eigenvalue weighted by Gasteiger charge is 2.33. The minimum Gasteiger partial charge on any atom is -0.496 e. The zero-order valence-electron chi connectivity index (χ0n) is 22.9. The maximum atomic E-state index is 12.8. The number of carbonyl (C=O) groups is 1. The van der Waals surface area contributed by atoms with Gasteiger partial charge in [0.05, 0.1) is 18.5 Å². The lowest BCUT2D eigenvalue weighted by Gasteiger charge is -2.28. The summed E-state index contributed by atoms with van der Waals surface area (Å²) in [4.78, 5) is 26.8. The van der Waals surface area contributed by atoms with Gasteiger partial charge in [-0.05, 0) is 55.5 Å². The van der Waals surface area contributed by atoms with Crippen molar-refractivity contribution in [2.45, 2.75) is 52.9 Å². The molecule has 5 heterocycles. The van der Waals surface area contributed by atoms with Gasteiger partial charge in [0.1, 0.15) is 12.4 Å². The Kier molecular flexibility index (Phi) is 7.01. The third kappa shape index (κ3) is 4.67. The summed E-state index contributed by atoms with van der Waals surface area (Å²) in [5.41, 5.74) is 9.23. The minimum absolute atomic E-state index is 0.0804. The maximum absolute atomic E-state index is 12.8. The largest absolute Gasteiger partial charge is 0.496 e. The van der Waals surface area contributed by atoms with Gasteiger partial charge in [-0.3, -0.25) is 14.6 Å². The summed E-state index contributed by atoms with van der Waals surface area (Å²) >= 11 is 1.74. The Morgan fingerprint density at radius 1 is 1.13 bits per heavy atom. The molecule has 39 heavy (non-hydrogen) atoms. The van der Waals surface area contributed by atoms with Crippen LogP contribution in [0.1, 0.15) is 37.6 Å². The van der Waals surface area contributed by atoms with Gasteiger partial charge in [0.25, 0.3) is 0 Å². The summed E-state index contributed by atoms with van der Waals surface area (Å²) in [6.07, 6.45) is 4.56. The van der Waals surface area contributed by atoms with Gasteiger partial charge in [0, 0.05) is 84.2 Å². The number of hydroxylamine groups is 2. The molecule has 0 radical (unpaired) electrons. The molecule has 0 N–H and O–H groups in total. The average molecular weight is 543 g/mol. The predicted octanol–water partition coefficient (Wildman–Crippen LogP) is 6.01. The van der Waals surface area contributed by atoms with Crippen LogP contribution in [0.5, 0.6) is 5.75 Å². The third-order valence-electron chi connectivity index (χ3n) is 7.84. The van der Waals surface area contributed by atoms with Crippen LogP contribution in [0.3, 0.4) is 0 Å². The molecule has 0 unspecified atom stereocenters. The van der Waals surface area contributed by atoms with Crippen LogP contribution < -0.4 is 4.74 Å². The lowest BCUT2D eigenvalue weighted by Crippen LogP contribution is -2.39. The monoisotopic (exact) mass is 542 g/mol. The van der Waals surface area contributed by atoms with Crippen LogP contribution >= 0.6 is 11.3 Å². The van der Waals surface area contributed by atoms with Crippen molar-refractivity contribution < 1.29 is 14.4 Å². The summed E-state index contributed by atoms with van der Waals surface area (Å²) < 4.78 is 8.30. The Balaban J connectivity index is 1.61. The van der Waals surface area contributed by atoms with E-state index in [4.69, 9.17) is 9.57 Å². The van der Waals surface area contributed by atoms with E-state index >= 15 is 0 Å². The van der Waals surface area contributed by atoms with E-state index < -0.39 is 0 Å². The van der Waals surface area contributed by atoms with Crippen molar-refractivity contribution in [3.63, 3.8) is 0 Å². The highest BCUT2D eigenvalue weighted by Crippen LogP contribution is 2.48. The Bertz CT molecular complexity index is 1490. The first-order valence-corrected chi connectivity index (χ1v) is 14.4. The lowest BCUT2D eigenvalue weighted by molar-refractivity contribution is -0.191. The van der Waals surface area contributed by atoms with Gasteiger partial charge in [-0.25, -0.2) is 0 Å².